The van der Waals surface area contributed by atoms with Crippen molar-refractivity contribution in [3.05, 3.63) is 35.6 Å². The van der Waals surface area contributed by atoms with Crippen LogP contribution in [0.3, 0.4) is 0 Å². The fraction of sp³-hybridized carbons (Fsp3) is 0.500. The summed E-state index contributed by atoms with van der Waals surface area (Å²) < 4.78 is 0. The number of allylic oxidation sites excluding steroid dienone is 5. The second kappa shape index (κ2) is 3.58. The first-order valence-corrected chi connectivity index (χ1v) is 5.96. The summed E-state index contributed by atoms with van der Waals surface area (Å²) in [5.41, 5.74) is 1.26. The van der Waals surface area contributed by atoms with Crippen LogP contribution in [0.4, 0.5) is 0 Å². The maximum Gasteiger partial charge on any atom is 0.112 e. The average molecular weight is 255 g/mol. The minimum absolute atomic E-state index is 0.411. The summed E-state index contributed by atoms with van der Waals surface area (Å²) in [6, 6.07) is 0. The van der Waals surface area contributed by atoms with Gasteiger partial charge in [0.05, 0.1) is 0 Å². The topological polar surface area (TPSA) is 20.2 Å². The van der Waals surface area contributed by atoms with E-state index in [1.807, 2.05) is 12.2 Å². The highest BCUT2D eigenvalue weighted by Gasteiger charge is 2.33. The van der Waals surface area contributed by atoms with Gasteiger partial charge < -0.3 is 5.11 Å². The lowest BCUT2D eigenvalue weighted by molar-refractivity contribution is 0.324. The average Bonchev–Trinajstić information content (AvgIpc) is 2.10. The first kappa shape index (κ1) is 10.0. The van der Waals surface area contributed by atoms with Crippen LogP contribution < -0.4 is 0 Å². The fourth-order valence-electron chi connectivity index (χ4n) is 2.51. The molecule has 0 aromatic heterocycles. The van der Waals surface area contributed by atoms with Gasteiger partial charge >= 0.3 is 0 Å². The molecule has 2 heteroatoms. The van der Waals surface area contributed by atoms with Crippen molar-refractivity contribution in [2.75, 3.05) is 0 Å². The molecule has 4 atom stereocenters. The van der Waals surface area contributed by atoms with Crippen LogP contribution in [-0.2, 0) is 0 Å². The molecule has 0 aromatic rings. The molecule has 0 heterocycles. The molecule has 0 bridgehead atoms. The number of hydrogen-bond acceptors (Lipinski definition) is 1. The second-order valence-electron chi connectivity index (χ2n) is 4.28. The summed E-state index contributed by atoms with van der Waals surface area (Å²) >= 11 is 3.66. The van der Waals surface area contributed by atoms with Crippen molar-refractivity contribution in [1.82, 2.24) is 0 Å². The minimum Gasteiger partial charge on any atom is -0.508 e. The van der Waals surface area contributed by atoms with Gasteiger partial charge in [0.15, 0.2) is 0 Å². The van der Waals surface area contributed by atoms with E-state index in [9.17, 15) is 5.11 Å². The van der Waals surface area contributed by atoms with Gasteiger partial charge in [0.1, 0.15) is 5.76 Å². The van der Waals surface area contributed by atoms with Gasteiger partial charge in [-0.25, -0.2) is 0 Å². The van der Waals surface area contributed by atoms with Crippen molar-refractivity contribution >= 4 is 15.9 Å². The quantitative estimate of drug-likeness (QED) is 0.656. The molecular formula is C12H15BrO. The summed E-state index contributed by atoms with van der Waals surface area (Å²) in [6.07, 6.45) is 8.13. The SMILES string of the molecule is CC1C=C(O)C=C2C=CC(Br)C(C)C21. The molecule has 4 unspecified atom stereocenters. The first-order valence-electron chi connectivity index (χ1n) is 5.04. The highest BCUT2D eigenvalue weighted by atomic mass is 79.9. The summed E-state index contributed by atoms with van der Waals surface area (Å²) in [6.45, 7) is 4.43. The summed E-state index contributed by atoms with van der Waals surface area (Å²) in [7, 11) is 0. The molecule has 2 aliphatic rings. The number of aliphatic hydroxyl groups is 1. The number of alkyl halides is 1. The lowest BCUT2D eigenvalue weighted by Crippen LogP contribution is -2.30. The van der Waals surface area contributed by atoms with Gasteiger partial charge in [0, 0.05) is 4.83 Å². The zero-order valence-corrected chi connectivity index (χ0v) is 10.0. The molecule has 0 fully saturated rings. The van der Waals surface area contributed by atoms with Crippen molar-refractivity contribution in [2.45, 2.75) is 18.7 Å². The number of fused-ring (bicyclic) bond motifs is 1. The molecule has 0 radical (unpaired) electrons. The van der Waals surface area contributed by atoms with Crippen molar-refractivity contribution in [2.24, 2.45) is 17.8 Å². The maximum absolute atomic E-state index is 9.51. The number of aliphatic hydroxyl groups excluding tert-OH is 1. The molecule has 0 aromatic carbocycles. The Labute approximate surface area is 93.3 Å². The predicted octanol–water partition coefficient (Wildman–Crippen LogP) is 3.59. The molecule has 1 N–H and O–H groups in total. The van der Waals surface area contributed by atoms with Gasteiger partial charge in [-0.1, -0.05) is 41.9 Å². The lowest BCUT2D eigenvalue weighted by Gasteiger charge is -2.36. The molecule has 1 nitrogen and oxygen atoms in total. The van der Waals surface area contributed by atoms with Crippen LogP contribution in [0, 0.1) is 17.8 Å². The Bertz CT molecular complexity index is 327. The maximum atomic E-state index is 9.51. The number of hydrogen-bond donors (Lipinski definition) is 1. The molecule has 0 saturated heterocycles. The molecule has 14 heavy (non-hydrogen) atoms. The zero-order chi connectivity index (χ0) is 10.3. The van der Waals surface area contributed by atoms with Crippen molar-refractivity contribution in [3.63, 3.8) is 0 Å². The Balaban J connectivity index is 2.38. The highest BCUT2D eigenvalue weighted by molar-refractivity contribution is 9.09. The van der Waals surface area contributed by atoms with Crippen molar-refractivity contribution in [1.29, 1.82) is 0 Å². The van der Waals surface area contributed by atoms with Gasteiger partial charge in [0.2, 0.25) is 0 Å². The van der Waals surface area contributed by atoms with E-state index < -0.39 is 0 Å². The minimum atomic E-state index is 0.411. The summed E-state index contributed by atoms with van der Waals surface area (Å²) in [5.74, 6) is 1.97. The van der Waals surface area contributed by atoms with E-state index in [0.717, 1.165) is 0 Å². The summed E-state index contributed by atoms with van der Waals surface area (Å²) in [5, 5.41) is 9.51. The smallest absolute Gasteiger partial charge is 0.112 e. The van der Waals surface area contributed by atoms with Crippen LogP contribution in [0.5, 0.6) is 0 Å². The van der Waals surface area contributed by atoms with E-state index in [4.69, 9.17) is 0 Å². The van der Waals surface area contributed by atoms with Crippen molar-refractivity contribution < 1.29 is 5.11 Å². The molecule has 0 aliphatic heterocycles. The highest BCUT2D eigenvalue weighted by Crippen LogP contribution is 2.41. The summed E-state index contributed by atoms with van der Waals surface area (Å²) in [4.78, 5) is 0.459. The Morgan fingerprint density at radius 1 is 1.36 bits per heavy atom. The second-order valence-corrected chi connectivity index (χ2v) is 5.34. The van der Waals surface area contributed by atoms with E-state index in [1.54, 1.807) is 0 Å². The molecule has 0 spiro atoms. The Morgan fingerprint density at radius 2 is 2.07 bits per heavy atom. The monoisotopic (exact) mass is 254 g/mol. The van der Waals surface area contributed by atoms with Crippen LogP contribution in [-0.4, -0.2) is 9.93 Å². The standard InChI is InChI=1S/C12H15BrO/c1-7-5-10(14)6-9-3-4-11(13)8(2)12(7)9/h3-8,11-12,14H,1-2H3. The van der Waals surface area contributed by atoms with Crippen LogP contribution in [0.1, 0.15) is 13.8 Å². The predicted molar refractivity (Wildman–Crippen MR) is 62.5 cm³/mol. The Hall–Kier alpha value is -0.500. The van der Waals surface area contributed by atoms with Crippen LogP contribution in [0.15, 0.2) is 35.6 Å². The van der Waals surface area contributed by atoms with E-state index in [2.05, 4.69) is 41.9 Å². The normalized spacial score (nSPS) is 41.4. The molecule has 2 aliphatic carbocycles. The van der Waals surface area contributed by atoms with Crippen LogP contribution in [0.25, 0.3) is 0 Å². The van der Waals surface area contributed by atoms with E-state index in [1.165, 1.54) is 5.57 Å². The Kier molecular flexibility index (Phi) is 2.56. The van der Waals surface area contributed by atoms with E-state index >= 15 is 0 Å². The van der Waals surface area contributed by atoms with E-state index in [-0.39, 0.29) is 0 Å². The zero-order valence-electron chi connectivity index (χ0n) is 8.44. The van der Waals surface area contributed by atoms with Gasteiger partial charge in [-0.3, -0.25) is 0 Å². The van der Waals surface area contributed by atoms with Gasteiger partial charge in [0.25, 0.3) is 0 Å². The largest absolute Gasteiger partial charge is 0.508 e. The van der Waals surface area contributed by atoms with E-state index in [0.29, 0.717) is 28.3 Å². The van der Waals surface area contributed by atoms with Crippen LogP contribution in [0.2, 0.25) is 0 Å². The fourth-order valence-corrected chi connectivity index (χ4v) is 2.99. The number of halogens is 1. The third kappa shape index (κ3) is 1.56. The van der Waals surface area contributed by atoms with Crippen LogP contribution >= 0.6 is 15.9 Å². The van der Waals surface area contributed by atoms with Gasteiger partial charge in [-0.15, -0.1) is 0 Å². The molecule has 2 rings (SSSR count). The number of rotatable bonds is 0. The third-order valence-corrected chi connectivity index (χ3v) is 4.38. The lowest BCUT2D eigenvalue weighted by atomic mass is 9.71. The molecule has 0 amide bonds. The molecular weight excluding hydrogens is 240 g/mol. The molecule has 76 valence electrons. The van der Waals surface area contributed by atoms with Crippen molar-refractivity contribution in [3.8, 4) is 0 Å². The Morgan fingerprint density at radius 3 is 2.79 bits per heavy atom. The van der Waals surface area contributed by atoms with Gasteiger partial charge in [-0.2, -0.15) is 0 Å². The third-order valence-electron chi connectivity index (χ3n) is 3.24. The molecule has 0 saturated carbocycles. The van der Waals surface area contributed by atoms with Gasteiger partial charge in [-0.05, 0) is 35.5 Å². The first-order chi connectivity index (χ1) is 6.59.